The zero-order chi connectivity index (χ0) is 56.5. The number of allylic oxidation sites excluding steroid dienone is 9. The molecule has 1 saturated heterocycles. The van der Waals surface area contributed by atoms with E-state index in [0.29, 0.717) is 6.42 Å². The number of carbonyl (C=O) groups is 1. The number of aliphatic hydroxyl groups is 5. The highest BCUT2D eigenvalue weighted by Gasteiger charge is 2.44. The lowest BCUT2D eigenvalue weighted by Crippen LogP contribution is -2.60. The van der Waals surface area contributed by atoms with E-state index in [9.17, 15) is 30.3 Å². The molecule has 0 radical (unpaired) electrons. The van der Waals surface area contributed by atoms with Crippen LogP contribution < -0.4 is 5.32 Å². The van der Waals surface area contributed by atoms with Gasteiger partial charge >= 0.3 is 0 Å². The predicted octanol–water partition coefficient (Wildman–Crippen LogP) is 17.8. The molecule has 9 nitrogen and oxygen atoms in total. The van der Waals surface area contributed by atoms with Gasteiger partial charge in [-0.1, -0.05) is 299 Å². The minimum absolute atomic E-state index is 0.185. The van der Waals surface area contributed by atoms with Gasteiger partial charge in [0.25, 0.3) is 0 Å². The van der Waals surface area contributed by atoms with E-state index < -0.39 is 49.5 Å². The first-order chi connectivity index (χ1) is 38.3. The average Bonchev–Trinajstić information content (AvgIpc) is 3.45. The van der Waals surface area contributed by atoms with Crippen LogP contribution in [0.2, 0.25) is 0 Å². The summed E-state index contributed by atoms with van der Waals surface area (Å²) in [4.78, 5) is 13.1. The van der Waals surface area contributed by atoms with Crippen molar-refractivity contribution in [3.63, 3.8) is 0 Å². The molecule has 7 unspecified atom stereocenters. The van der Waals surface area contributed by atoms with Crippen LogP contribution in [-0.4, -0.2) is 87.5 Å². The molecule has 1 rings (SSSR count). The van der Waals surface area contributed by atoms with Crippen LogP contribution in [-0.2, 0) is 14.3 Å². The lowest BCUT2D eigenvalue weighted by molar-refractivity contribution is -0.302. The van der Waals surface area contributed by atoms with Crippen LogP contribution in [0.3, 0.4) is 0 Å². The second-order valence-electron chi connectivity index (χ2n) is 23.3. The molecule has 0 aromatic carbocycles. The van der Waals surface area contributed by atoms with Crippen molar-refractivity contribution in [2.45, 2.75) is 358 Å². The summed E-state index contributed by atoms with van der Waals surface area (Å²) in [5, 5.41) is 54.7. The number of hydrogen-bond donors (Lipinski definition) is 6. The monoisotopic (exact) mass is 1100 g/mol. The number of hydrogen-bond acceptors (Lipinski definition) is 8. The van der Waals surface area contributed by atoms with E-state index in [0.717, 1.165) is 51.4 Å². The van der Waals surface area contributed by atoms with Gasteiger partial charge < -0.3 is 40.3 Å². The number of unbranched alkanes of at least 4 members (excludes halogenated alkanes) is 40. The van der Waals surface area contributed by atoms with Crippen LogP contribution in [0, 0.1) is 0 Å². The molecule has 1 aliphatic rings. The molecule has 0 aromatic rings. The standard InChI is InChI=1S/C69H127NO8/c1-3-5-7-9-11-13-15-17-19-21-23-25-27-29-31-32-33-35-37-39-41-43-45-47-49-51-53-55-57-59-65(73)70-62(61-77-69-68(76)67(75)66(74)64(60-71)78-69)63(72)58-56-54-52-50-48-46-44-42-40-38-36-34-30-28-26-24-22-20-18-16-14-12-10-8-6-4-2/h15,17,21,23,27,29,48,50,56,58,62-64,66-69,71-72,74-76H,3-14,16,18-20,22,24-26,28,30-47,49,51-55,57,59-61H2,1-2H3,(H,70,73)/b17-15-,23-21-,29-27-,50-48+,58-56+. The number of amides is 1. The Hall–Kier alpha value is -2.11. The third-order valence-corrected chi connectivity index (χ3v) is 15.8. The minimum Gasteiger partial charge on any atom is -0.394 e. The van der Waals surface area contributed by atoms with Gasteiger partial charge in [0.15, 0.2) is 6.29 Å². The molecule has 456 valence electrons. The quantitative estimate of drug-likeness (QED) is 0.0261. The van der Waals surface area contributed by atoms with E-state index in [-0.39, 0.29) is 12.5 Å². The largest absolute Gasteiger partial charge is 0.394 e. The van der Waals surface area contributed by atoms with E-state index >= 15 is 0 Å². The zero-order valence-corrected chi connectivity index (χ0v) is 50.9. The Morgan fingerprint density at radius 3 is 1.17 bits per heavy atom. The molecular formula is C69H127NO8. The highest BCUT2D eigenvalue weighted by Crippen LogP contribution is 2.23. The van der Waals surface area contributed by atoms with E-state index in [1.54, 1.807) is 6.08 Å². The summed E-state index contributed by atoms with van der Waals surface area (Å²) in [5.74, 6) is -0.185. The highest BCUT2D eigenvalue weighted by atomic mass is 16.7. The number of nitrogens with one attached hydrogen (secondary N) is 1. The molecule has 9 heteroatoms. The summed E-state index contributed by atoms with van der Waals surface area (Å²) in [5.41, 5.74) is 0. The molecule has 1 amide bonds. The van der Waals surface area contributed by atoms with Gasteiger partial charge in [0.2, 0.25) is 5.91 Å². The minimum atomic E-state index is -1.57. The van der Waals surface area contributed by atoms with Crippen LogP contribution in [0.4, 0.5) is 0 Å². The molecule has 6 N–H and O–H groups in total. The first-order valence-electron chi connectivity index (χ1n) is 33.5. The maximum absolute atomic E-state index is 13.1. The van der Waals surface area contributed by atoms with Crippen molar-refractivity contribution in [3.8, 4) is 0 Å². The molecule has 7 atom stereocenters. The van der Waals surface area contributed by atoms with Gasteiger partial charge in [-0.2, -0.15) is 0 Å². The van der Waals surface area contributed by atoms with Crippen LogP contribution in [0.15, 0.2) is 60.8 Å². The molecule has 78 heavy (non-hydrogen) atoms. The topological polar surface area (TPSA) is 149 Å². The number of ether oxygens (including phenoxy) is 2. The maximum atomic E-state index is 13.1. The summed E-state index contributed by atoms with van der Waals surface area (Å²) in [6.45, 7) is 3.79. The van der Waals surface area contributed by atoms with Crippen molar-refractivity contribution in [3.05, 3.63) is 60.8 Å². The third kappa shape index (κ3) is 46.5. The van der Waals surface area contributed by atoms with Crippen LogP contribution in [0.1, 0.15) is 316 Å². The summed E-state index contributed by atoms with van der Waals surface area (Å²) >= 11 is 0. The van der Waals surface area contributed by atoms with Gasteiger partial charge in [0, 0.05) is 6.42 Å². The molecule has 0 aliphatic carbocycles. The Morgan fingerprint density at radius 2 is 0.769 bits per heavy atom. The summed E-state index contributed by atoms with van der Waals surface area (Å²) in [7, 11) is 0. The molecule has 1 fully saturated rings. The van der Waals surface area contributed by atoms with Crippen molar-refractivity contribution in [2.24, 2.45) is 0 Å². The van der Waals surface area contributed by atoms with Crippen molar-refractivity contribution in [1.29, 1.82) is 0 Å². The predicted molar refractivity (Wildman–Crippen MR) is 332 cm³/mol. The third-order valence-electron chi connectivity index (χ3n) is 15.8. The molecule has 0 aromatic heterocycles. The van der Waals surface area contributed by atoms with Gasteiger partial charge in [-0.25, -0.2) is 0 Å². The molecule has 1 heterocycles. The lowest BCUT2D eigenvalue weighted by atomic mass is 9.99. The summed E-state index contributed by atoms with van der Waals surface area (Å²) in [6.07, 6.45) is 73.1. The Labute approximate surface area is 481 Å². The molecule has 1 aliphatic heterocycles. The van der Waals surface area contributed by atoms with Crippen molar-refractivity contribution < 1.29 is 39.8 Å². The van der Waals surface area contributed by atoms with Crippen molar-refractivity contribution in [2.75, 3.05) is 13.2 Å². The van der Waals surface area contributed by atoms with E-state index in [1.807, 2.05) is 6.08 Å². The number of carbonyl (C=O) groups excluding carboxylic acids is 1. The smallest absolute Gasteiger partial charge is 0.220 e. The fraction of sp³-hybridized carbons (Fsp3) is 0.841. The second kappa shape index (κ2) is 58.1. The van der Waals surface area contributed by atoms with Crippen LogP contribution in [0.5, 0.6) is 0 Å². The maximum Gasteiger partial charge on any atom is 0.220 e. The molecule has 0 saturated carbocycles. The van der Waals surface area contributed by atoms with Crippen molar-refractivity contribution >= 4 is 5.91 Å². The van der Waals surface area contributed by atoms with Gasteiger partial charge in [0.1, 0.15) is 24.4 Å². The lowest BCUT2D eigenvalue weighted by Gasteiger charge is -2.40. The SMILES string of the molecule is CCCCCCC/C=C\C/C=C\C/C=C\CCCCCCCCCCCCCCCCC(=O)NC(COC1OC(CO)C(O)C(O)C1O)C(O)/C=C/CC/C=C/CCCCCCCCCCCCCCCCCCCCCC. The number of aliphatic hydroxyl groups excluding tert-OH is 5. The zero-order valence-electron chi connectivity index (χ0n) is 50.9. The molecule has 0 bridgehead atoms. The first kappa shape index (κ1) is 73.9. The highest BCUT2D eigenvalue weighted by molar-refractivity contribution is 5.76. The van der Waals surface area contributed by atoms with E-state index in [1.165, 1.54) is 244 Å². The summed E-state index contributed by atoms with van der Waals surface area (Å²) < 4.78 is 11.3. The van der Waals surface area contributed by atoms with Gasteiger partial charge in [-0.05, 0) is 70.6 Å². The molecular weight excluding hydrogens is 971 g/mol. The Balaban J connectivity index is 2.18. The Kier molecular flexibility index (Phi) is 55.0. The van der Waals surface area contributed by atoms with Gasteiger partial charge in [-0.15, -0.1) is 0 Å². The Bertz CT molecular complexity index is 1410. The molecule has 0 spiro atoms. The van der Waals surface area contributed by atoms with Gasteiger partial charge in [-0.3, -0.25) is 4.79 Å². The van der Waals surface area contributed by atoms with E-state index in [4.69, 9.17) is 9.47 Å². The fourth-order valence-electron chi connectivity index (χ4n) is 10.5. The van der Waals surface area contributed by atoms with Crippen LogP contribution >= 0.6 is 0 Å². The van der Waals surface area contributed by atoms with Gasteiger partial charge in [0.05, 0.1) is 25.4 Å². The second-order valence-corrected chi connectivity index (χ2v) is 23.3. The fourth-order valence-corrected chi connectivity index (χ4v) is 10.5. The van der Waals surface area contributed by atoms with Crippen LogP contribution in [0.25, 0.3) is 0 Å². The average molecular weight is 1100 g/mol. The Morgan fingerprint density at radius 1 is 0.436 bits per heavy atom. The number of rotatable bonds is 58. The first-order valence-corrected chi connectivity index (χ1v) is 33.5. The van der Waals surface area contributed by atoms with E-state index in [2.05, 4.69) is 67.8 Å². The normalized spacial score (nSPS) is 19.0. The van der Waals surface area contributed by atoms with Crippen molar-refractivity contribution in [1.82, 2.24) is 5.32 Å². The summed E-state index contributed by atoms with van der Waals surface area (Å²) in [6, 6.07) is -0.825.